The van der Waals surface area contributed by atoms with Gasteiger partial charge in [0, 0.05) is 136 Å². The molecule has 0 radical (unpaired) electrons. The van der Waals surface area contributed by atoms with Crippen LogP contribution in [0.15, 0.2) is 103 Å². The molecule has 0 aliphatic carbocycles. The van der Waals surface area contributed by atoms with E-state index in [9.17, 15) is 18.8 Å². The predicted molar refractivity (Wildman–Crippen MR) is 529 cm³/mol. The molecular formula is C93H123ClFN21O7S5. The number of fused-ring (bicyclic) bond motifs is 4. The lowest BCUT2D eigenvalue weighted by Crippen LogP contribution is -2.57. The Morgan fingerprint density at radius 3 is 1.20 bits per heavy atom. The number of aliphatic hydroxyl groups excluding tert-OH is 1. The summed E-state index contributed by atoms with van der Waals surface area (Å²) in [6.07, 6.45) is 9.11. The zero-order chi connectivity index (χ0) is 86.5. The summed E-state index contributed by atoms with van der Waals surface area (Å²) < 4.78 is 32.5. The largest absolute Gasteiger partial charge is 0.462 e. The van der Waals surface area contributed by atoms with E-state index >= 15 is 0 Å². The molecule has 1 N–H and O–H groups in total. The van der Waals surface area contributed by atoms with Crippen LogP contribution in [0.1, 0.15) is 94.6 Å². The molecule has 9 aliphatic heterocycles. The number of hydrogen-bond acceptors (Lipinski definition) is 22. The molecule has 686 valence electrons. The van der Waals surface area contributed by atoms with Crippen molar-refractivity contribution >= 4 is 142 Å². The average Bonchev–Trinajstić information content (AvgIpc) is 1.25. The number of rotatable bonds is 20. The number of piperazine rings is 3. The molecule has 0 saturated carbocycles. The summed E-state index contributed by atoms with van der Waals surface area (Å²) in [6.45, 7) is 51.3. The first kappa shape index (κ1) is 102. The van der Waals surface area contributed by atoms with Gasteiger partial charge in [-0.05, 0) is 178 Å². The highest BCUT2D eigenvalue weighted by Crippen LogP contribution is 2.40. The van der Waals surface area contributed by atoms with Gasteiger partial charge in [0.1, 0.15) is 62.0 Å². The van der Waals surface area contributed by atoms with Crippen molar-refractivity contribution in [3.05, 3.63) is 193 Å². The summed E-state index contributed by atoms with van der Waals surface area (Å²) in [4.78, 5) is 104. The Labute approximate surface area is 793 Å². The van der Waals surface area contributed by atoms with Crippen molar-refractivity contribution in [3.63, 3.8) is 0 Å². The van der Waals surface area contributed by atoms with Crippen molar-refractivity contribution < 1.29 is 38.1 Å². The van der Waals surface area contributed by atoms with Crippen LogP contribution in [-0.4, -0.2) is 284 Å². The second-order valence-corrected chi connectivity index (χ2v) is 34.0. The second-order valence-electron chi connectivity index (χ2n) is 33.6. The fraction of sp³-hybridized carbons (Fsp3) is 0.505. The normalized spacial score (nSPS) is 20.1. The van der Waals surface area contributed by atoms with E-state index in [1.165, 1.54) is 61.4 Å². The van der Waals surface area contributed by atoms with Crippen molar-refractivity contribution in [2.24, 2.45) is 0 Å². The number of amides is 3. The van der Waals surface area contributed by atoms with Gasteiger partial charge in [-0.3, -0.25) is 14.4 Å². The van der Waals surface area contributed by atoms with Crippen LogP contribution >= 0.6 is 79.1 Å². The highest BCUT2D eigenvalue weighted by Gasteiger charge is 2.41. The number of likely N-dealkylation sites (tertiary alicyclic amines) is 3. The van der Waals surface area contributed by atoms with E-state index in [0.717, 1.165) is 142 Å². The van der Waals surface area contributed by atoms with Crippen molar-refractivity contribution in [3.8, 4) is 29.9 Å². The van der Waals surface area contributed by atoms with Crippen LogP contribution in [0.25, 0.3) is 25.3 Å². The van der Waals surface area contributed by atoms with Crippen molar-refractivity contribution in [2.75, 3.05) is 195 Å². The van der Waals surface area contributed by atoms with Gasteiger partial charge in [0.2, 0.25) is 19.6 Å². The lowest BCUT2D eigenvalue weighted by atomic mass is 10.0. The first-order valence-electron chi connectivity index (χ1n) is 43.1. The van der Waals surface area contributed by atoms with Crippen molar-refractivity contribution in [2.45, 2.75) is 141 Å². The first-order valence-corrected chi connectivity index (χ1v) is 43.5. The highest BCUT2D eigenvalue weighted by atomic mass is 35.5. The molecule has 0 bridgehead atoms. The van der Waals surface area contributed by atoms with Crippen LogP contribution in [0.5, 0.6) is 18.0 Å². The van der Waals surface area contributed by atoms with Gasteiger partial charge in [-0.15, -0.1) is 0 Å². The summed E-state index contributed by atoms with van der Waals surface area (Å²) in [7, 11) is 6.38. The summed E-state index contributed by atoms with van der Waals surface area (Å²) in [6, 6.07) is 28.8. The smallest absolute Gasteiger partial charge is 0.318 e. The number of anilines is 6. The van der Waals surface area contributed by atoms with Gasteiger partial charge in [0.15, 0.2) is 5.83 Å². The quantitative estimate of drug-likeness (QED) is 0.0425. The maximum Gasteiger partial charge on any atom is 0.318 e. The summed E-state index contributed by atoms with van der Waals surface area (Å²) >= 11 is 5.96. The van der Waals surface area contributed by atoms with E-state index in [4.69, 9.17) is 80.5 Å². The number of hydrogen-bond donors (Lipinski definition) is 1. The Hall–Kier alpha value is -9.69. The molecular weight excluding hydrogens is 1740 g/mol. The molecule has 7 aromatic rings. The van der Waals surface area contributed by atoms with E-state index in [2.05, 4.69) is 211 Å². The molecule has 6 fully saturated rings. The molecule has 35 heteroatoms. The molecule has 12 heterocycles. The Kier molecular flexibility index (Phi) is 37.7. The third kappa shape index (κ3) is 23.7. The van der Waals surface area contributed by atoms with Crippen molar-refractivity contribution in [1.82, 2.24) is 59.3 Å². The van der Waals surface area contributed by atoms with Gasteiger partial charge >= 0.3 is 18.0 Å². The van der Waals surface area contributed by atoms with Gasteiger partial charge in [-0.2, -0.15) is 97.4 Å². The Bertz CT molecular complexity index is 5080. The lowest BCUT2D eigenvalue weighted by molar-refractivity contribution is -0.131. The van der Waals surface area contributed by atoms with Gasteiger partial charge in [0.25, 0.3) is 17.7 Å². The minimum absolute atomic E-state index is 0. The molecule has 6 saturated heterocycles. The van der Waals surface area contributed by atoms with Crippen LogP contribution in [-0.2, 0) is 53.3 Å². The van der Waals surface area contributed by atoms with Crippen LogP contribution in [0.2, 0.25) is 0 Å². The predicted octanol–water partition coefficient (Wildman–Crippen LogP) is 10.5. The number of carbonyl (C=O) groups is 3. The molecule has 6 atom stereocenters. The van der Waals surface area contributed by atoms with Crippen LogP contribution in [0, 0.1) is 59.3 Å². The molecule has 3 amide bonds. The maximum atomic E-state index is 13.7. The van der Waals surface area contributed by atoms with E-state index < -0.39 is 17.8 Å². The van der Waals surface area contributed by atoms with Gasteiger partial charge in [0.05, 0.1) is 41.7 Å². The third-order valence-electron chi connectivity index (χ3n) is 26.0. The fourth-order valence-electron chi connectivity index (χ4n) is 18.7. The molecule has 0 unspecified atom stereocenters. The molecule has 3 aromatic heterocycles. The number of halogens is 2. The van der Waals surface area contributed by atoms with E-state index in [0.29, 0.717) is 135 Å². The topological polar surface area (TPSA) is 228 Å². The van der Waals surface area contributed by atoms with Crippen molar-refractivity contribution in [1.29, 1.82) is 0 Å². The zero-order valence-corrected chi connectivity index (χ0v) is 80.2. The number of carbonyl (C=O) groups excluding carboxylic acids is 3. The second kappa shape index (κ2) is 47.2. The standard InChI is InChI=1S/C33H37N7O3.C30H38ClN7O2.C30H38FN7O2.5H2S/c1-34-20-26-21-39(17-18-40(26)31(42)13-7-19-41)32-28-14-16-38(30-12-5-9-24-8-3-4-11-27(24)30)22-29(28)35-33(36-32)43-23-25-10-6-15-37(25)2;2*1-20-8-6-10-27(21(20)2)36-13-11-25-26(18-36)33-30(40-19-23-9-7-12-35(23)5)34-28(25)37-14-15-38(29(39)22(3)31)24(17-37)16-32-4;;;;;/h3-5,8-9,11-12,25-26,41H,6,10,14-23H2,2H3;2*6,8,10,23-24H,3,7,9,11-19H2,1-2,5H3;5*1H2/t25-,26-;2*23-,24-;;;;;/m000...../s1. The molecule has 128 heavy (non-hydrogen) atoms. The van der Waals surface area contributed by atoms with Gasteiger partial charge in [-0.1, -0.05) is 91.3 Å². The maximum absolute atomic E-state index is 13.7. The number of aliphatic hydroxyl groups is 1. The average molecular weight is 1860 g/mol. The zero-order valence-electron chi connectivity index (χ0n) is 74.5. The minimum atomic E-state index is -0.998. The SMILES string of the molecule is S.S.S.S.S.[C-]#[N+]C[C@H]1CN(c2nc(OC[C@@H]3CCCN3C)nc3c2CCN(c2cccc(C)c2C)C3)CCN1C(=O)C(=C)Cl.[C-]#[N+]C[C@H]1CN(c2nc(OC[C@@H]3CCCN3C)nc3c2CCN(c2cccc(C)c2C)C3)CCN1C(=O)C(=C)F.[C-]#[N+]C[C@H]1CN(c2nc(OC[C@@H]3CCCN3C)nc3c2CCN(c2cccc4ccccc24)C3)CCN1C(=O)C#CCO. The molecule has 4 aromatic carbocycles. The third-order valence-corrected chi connectivity index (χ3v) is 26.2. The van der Waals surface area contributed by atoms with Gasteiger partial charge < -0.3 is 92.7 Å². The lowest BCUT2D eigenvalue weighted by Gasteiger charge is -2.41. The molecule has 28 nitrogen and oxygen atoms in total. The fourth-order valence-corrected chi connectivity index (χ4v) is 18.8. The first-order chi connectivity index (χ1) is 59.6. The Balaban J connectivity index is 0.000000213. The Morgan fingerprint density at radius 2 is 0.828 bits per heavy atom. The van der Waals surface area contributed by atoms with Gasteiger partial charge in [-0.25, -0.2) is 24.1 Å². The number of aryl methyl sites for hydroxylation is 2. The number of aromatic nitrogens is 6. The van der Waals surface area contributed by atoms with Crippen LogP contribution < -0.4 is 43.6 Å². The number of ether oxygens (including phenoxy) is 3. The van der Waals surface area contributed by atoms with Crippen LogP contribution in [0.3, 0.4) is 0 Å². The number of nitrogens with zero attached hydrogens (tertiary/aromatic N) is 21. The Morgan fingerprint density at radius 1 is 0.469 bits per heavy atom. The molecule has 16 rings (SSSR count). The molecule has 0 spiro atoms. The van der Waals surface area contributed by atoms with E-state index in [-0.39, 0.29) is 123 Å². The highest BCUT2D eigenvalue weighted by molar-refractivity contribution is 7.60. The summed E-state index contributed by atoms with van der Waals surface area (Å²) in [5.41, 5.74) is 14.8. The minimum Gasteiger partial charge on any atom is -0.462 e. The monoisotopic (exact) mass is 1860 g/mol. The molecule has 9 aliphatic rings. The number of likely N-dealkylation sites (N-methyl/N-ethyl adjacent to an activating group) is 3. The summed E-state index contributed by atoms with van der Waals surface area (Å²) in [5, 5.41) is 11.5. The summed E-state index contributed by atoms with van der Waals surface area (Å²) in [5.74, 6) is 5.01. The van der Waals surface area contributed by atoms with Crippen LogP contribution in [0.4, 0.5) is 38.9 Å². The van der Waals surface area contributed by atoms with E-state index in [1.807, 2.05) is 0 Å². The number of benzene rings is 4. The van der Waals surface area contributed by atoms with E-state index in [1.54, 1.807) is 9.80 Å².